The molecule has 0 aliphatic carbocycles. The minimum atomic E-state index is -3.59. The number of rotatable bonds is 10. The van der Waals surface area contributed by atoms with E-state index in [1.807, 2.05) is 12.1 Å². The number of carbonyl (C=O) groups is 1. The third kappa shape index (κ3) is 6.62. The van der Waals surface area contributed by atoms with Gasteiger partial charge >= 0.3 is 0 Å². The van der Waals surface area contributed by atoms with Gasteiger partial charge in [0.1, 0.15) is 6.04 Å². The molecule has 158 valence electrons. The average Bonchev–Trinajstić information content (AvgIpc) is 2.72. The Morgan fingerprint density at radius 2 is 1.72 bits per heavy atom. The lowest BCUT2D eigenvalue weighted by molar-refractivity contribution is -0.122. The molecule has 0 radical (unpaired) electrons. The molecular formula is C20H25ClN2O5S. The molecule has 1 amide bonds. The smallest absolute Gasteiger partial charge is 0.242 e. The van der Waals surface area contributed by atoms with Gasteiger partial charge in [0.2, 0.25) is 15.9 Å². The van der Waals surface area contributed by atoms with Crippen LogP contribution in [0, 0.1) is 0 Å². The van der Waals surface area contributed by atoms with Gasteiger partial charge in [-0.15, -0.1) is 0 Å². The van der Waals surface area contributed by atoms with Crippen molar-refractivity contribution >= 4 is 27.5 Å². The quantitative estimate of drug-likeness (QED) is 0.592. The fraction of sp³-hybridized carbons (Fsp3) is 0.350. The van der Waals surface area contributed by atoms with Crippen molar-refractivity contribution in [2.45, 2.75) is 19.4 Å². The van der Waals surface area contributed by atoms with Gasteiger partial charge < -0.3 is 14.8 Å². The maximum Gasteiger partial charge on any atom is 0.242 e. The Kier molecular flexibility index (Phi) is 8.31. The topological polar surface area (TPSA) is 93.7 Å². The fourth-order valence-electron chi connectivity index (χ4n) is 2.66. The largest absolute Gasteiger partial charge is 0.493 e. The summed E-state index contributed by atoms with van der Waals surface area (Å²) in [4.78, 5) is 12.7. The highest BCUT2D eigenvalue weighted by atomic mass is 35.5. The molecule has 0 saturated heterocycles. The highest BCUT2D eigenvalue weighted by molar-refractivity contribution is 7.89. The number of ether oxygens (including phenoxy) is 2. The van der Waals surface area contributed by atoms with Crippen LogP contribution in [0.3, 0.4) is 0 Å². The van der Waals surface area contributed by atoms with Gasteiger partial charge in [0.15, 0.2) is 11.5 Å². The minimum Gasteiger partial charge on any atom is -0.493 e. The van der Waals surface area contributed by atoms with E-state index >= 15 is 0 Å². The molecule has 2 aromatic carbocycles. The Balaban J connectivity index is 2.08. The molecule has 9 heteroatoms. The predicted octanol–water partition coefficient (Wildman–Crippen LogP) is 2.70. The van der Waals surface area contributed by atoms with E-state index in [-0.39, 0.29) is 5.75 Å². The zero-order valence-corrected chi connectivity index (χ0v) is 18.1. The van der Waals surface area contributed by atoms with Crippen LogP contribution < -0.4 is 19.5 Å². The number of hydrogen-bond donors (Lipinski definition) is 2. The molecule has 2 N–H and O–H groups in total. The lowest BCUT2D eigenvalue weighted by atomic mass is 10.1. The standard InChI is InChI=1S/C20H25ClN2O5S/c1-4-29(25,26)23-19(15-6-8-16(21)9-7-15)20(24)22-12-11-14-5-10-17(27-2)18(13-14)28-3/h5-10,13,19,23H,4,11-12H2,1-3H3,(H,22,24). The fourth-order valence-corrected chi connectivity index (χ4v) is 3.55. The molecule has 0 bridgehead atoms. The number of hydrogen-bond acceptors (Lipinski definition) is 5. The van der Waals surface area contributed by atoms with Crippen molar-refractivity contribution in [3.05, 3.63) is 58.6 Å². The molecule has 2 aromatic rings. The second-order valence-electron chi connectivity index (χ2n) is 6.24. The van der Waals surface area contributed by atoms with Gasteiger partial charge in [-0.05, 0) is 48.7 Å². The van der Waals surface area contributed by atoms with E-state index in [0.29, 0.717) is 35.1 Å². The summed E-state index contributed by atoms with van der Waals surface area (Å²) in [6, 6.07) is 10.9. The van der Waals surface area contributed by atoms with Crippen LogP contribution in [-0.2, 0) is 21.2 Å². The Hall–Kier alpha value is -2.29. The Bertz CT molecular complexity index is 932. The molecule has 0 fully saturated rings. The molecule has 1 atom stereocenters. The lowest BCUT2D eigenvalue weighted by Crippen LogP contribution is -2.41. The van der Waals surface area contributed by atoms with E-state index in [4.69, 9.17) is 21.1 Å². The van der Waals surface area contributed by atoms with Crippen molar-refractivity contribution in [1.82, 2.24) is 10.0 Å². The first-order valence-corrected chi connectivity index (χ1v) is 11.1. The number of nitrogens with one attached hydrogen (secondary N) is 2. The van der Waals surface area contributed by atoms with Crippen molar-refractivity contribution in [3.8, 4) is 11.5 Å². The summed E-state index contributed by atoms with van der Waals surface area (Å²) in [7, 11) is -0.473. The number of carbonyl (C=O) groups excluding carboxylic acids is 1. The summed E-state index contributed by atoms with van der Waals surface area (Å²) in [5.74, 6) is 0.656. The van der Waals surface area contributed by atoms with Crippen LogP contribution in [-0.4, -0.2) is 40.8 Å². The van der Waals surface area contributed by atoms with E-state index in [1.54, 1.807) is 44.6 Å². The van der Waals surface area contributed by atoms with Crippen molar-refractivity contribution in [2.75, 3.05) is 26.5 Å². The van der Waals surface area contributed by atoms with Crippen LogP contribution in [0.15, 0.2) is 42.5 Å². The number of amides is 1. The average molecular weight is 441 g/mol. The van der Waals surface area contributed by atoms with Crippen molar-refractivity contribution in [2.24, 2.45) is 0 Å². The first-order valence-electron chi connectivity index (χ1n) is 9.03. The summed E-state index contributed by atoms with van der Waals surface area (Å²) in [5, 5.41) is 3.29. The van der Waals surface area contributed by atoms with Crippen LogP contribution in [0.2, 0.25) is 5.02 Å². The third-order valence-corrected chi connectivity index (χ3v) is 5.91. The maximum absolute atomic E-state index is 12.7. The molecule has 0 aliphatic rings. The highest BCUT2D eigenvalue weighted by Crippen LogP contribution is 2.27. The molecule has 0 heterocycles. The monoisotopic (exact) mass is 440 g/mol. The predicted molar refractivity (Wildman–Crippen MR) is 113 cm³/mol. The third-order valence-electron chi connectivity index (χ3n) is 4.30. The van der Waals surface area contributed by atoms with Gasteiger partial charge in [0, 0.05) is 11.6 Å². The summed E-state index contributed by atoms with van der Waals surface area (Å²) in [6.45, 7) is 1.84. The van der Waals surface area contributed by atoms with Crippen LogP contribution in [0.25, 0.3) is 0 Å². The highest BCUT2D eigenvalue weighted by Gasteiger charge is 2.25. The van der Waals surface area contributed by atoms with Crippen LogP contribution in [0.4, 0.5) is 0 Å². The Morgan fingerprint density at radius 1 is 1.07 bits per heavy atom. The van der Waals surface area contributed by atoms with Gasteiger partial charge in [-0.1, -0.05) is 29.8 Å². The van der Waals surface area contributed by atoms with E-state index < -0.39 is 22.0 Å². The van der Waals surface area contributed by atoms with Gasteiger partial charge in [0.25, 0.3) is 0 Å². The van der Waals surface area contributed by atoms with Crippen LogP contribution in [0.5, 0.6) is 11.5 Å². The molecule has 0 aromatic heterocycles. The second kappa shape index (κ2) is 10.5. The minimum absolute atomic E-state index is 0.129. The molecule has 7 nitrogen and oxygen atoms in total. The zero-order valence-electron chi connectivity index (χ0n) is 16.6. The van der Waals surface area contributed by atoms with Crippen molar-refractivity contribution in [3.63, 3.8) is 0 Å². The SMILES string of the molecule is CCS(=O)(=O)NC(C(=O)NCCc1ccc(OC)c(OC)c1)c1ccc(Cl)cc1. The van der Waals surface area contributed by atoms with E-state index in [2.05, 4.69) is 10.0 Å². The van der Waals surface area contributed by atoms with E-state index in [0.717, 1.165) is 5.56 Å². The van der Waals surface area contributed by atoms with Gasteiger partial charge in [-0.25, -0.2) is 8.42 Å². The number of methoxy groups -OCH3 is 2. The molecule has 2 rings (SSSR count). The molecule has 0 saturated carbocycles. The van der Waals surface area contributed by atoms with Gasteiger partial charge in [-0.3, -0.25) is 4.79 Å². The molecule has 1 unspecified atom stereocenters. The van der Waals surface area contributed by atoms with Crippen molar-refractivity contribution < 1.29 is 22.7 Å². The number of benzene rings is 2. The van der Waals surface area contributed by atoms with E-state index in [1.165, 1.54) is 6.92 Å². The molecule has 29 heavy (non-hydrogen) atoms. The molecule has 0 spiro atoms. The normalized spacial score (nSPS) is 12.3. The molecular weight excluding hydrogens is 416 g/mol. The number of halogens is 1. The van der Waals surface area contributed by atoms with Crippen LogP contribution >= 0.6 is 11.6 Å². The first-order chi connectivity index (χ1) is 13.8. The van der Waals surface area contributed by atoms with E-state index in [9.17, 15) is 13.2 Å². The zero-order chi connectivity index (χ0) is 21.4. The maximum atomic E-state index is 12.7. The second-order valence-corrected chi connectivity index (χ2v) is 8.72. The Labute approximate surface area is 176 Å². The summed E-state index contributed by atoms with van der Waals surface area (Å²) >= 11 is 5.90. The first kappa shape index (κ1) is 23.0. The lowest BCUT2D eigenvalue weighted by Gasteiger charge is -2.19. The van der Waals surface area contributed by atoms with Gasteiger partial charge in [0.05, 0.1) is 20.0 Å². The summed E-state index contributed by atoms with van der Waals surface area (Å²) in [6.07, 6.45) is 0.542. The number of sulfonamides is 1. The Morgan fingerprint density at radius 3 is 2.31 bits per heavy atom. The summed E-state index contributed by atoms with van der Waals surface area (Å²) < 4.78 is 37.0. The summed E-state index contributed by atoms with van der Waals surface area (Å²) in [5.41, 5.74) is 1.45. The van der Waals surface area contributed by atoms with Crippen LogP contribution in [0.1, 0.15) is 24.1 Å². The van der Waals surface area contributed by atoms with Crippen molar-refractivity contribution in [1.29, 1.82) is 0 Å². The molecule has 0 aliphatic heterocycles. The van der Waals surface area contributed by atoms with Gasteiger partial charge in [-0.2, -0.15) is 4.72 Å².